The third-order valence-corrected chi connectivity index (χ3v) is 5.66. The van der Waals surface area contributed by atoms with Crippen LogP contribution in [0.5, 0.6) is 0 Å². The number of hydrogen-bond donors (Lipinski definition) is 3. The second-order valence-electron chi connectivity index (χ2n) is 8.91. The minimum Gasteiger partial charge on any atom is -0.456 e. The van der Waals surface area contributed by atoms with Gasteiger partial charge in [0.05, 0.1) is 11.5 Å². The van der Waals surface area contributed by atoms with E-state index in [9.17, 15) is 24.9 Å². The molecule has 0 spiro atoms. The predicted octanol–water partition coefficient (Wildman–Crippen LogP) is 3.02. The lowest BCUT2D eigenvalue weighted by molar-refractivity contribution is -0.159. The van der Waals surface area contributed by atoms with Gasteiger partial charge < -0.3 is 20.1 Å². The average Bonchev–Trinajstić information content (AvgIpc) is 2.62. The van der Waals surface area contributed by atoms with Gasteiger partial charge in [0.15, 0.2) is 11.9 Å². The number of ether oxygens (including phenoxy) is 1. The van der Waals surface area contributed by atoms with Gasteiger partial charge >= 0.3 is 5.97 Å². The van der Waals surface area contributed by atoms with Crippen LogP contribution < -0.4 is 0 Å². The smallest absolute Gasteiger partial charge is 0.335 e. The Morgan fingerprint density at radius 2 is 1.46 bits per heavy atom. The van der Waals surface area contributed by atoms with Crippen molar-refractivity contribution in [3.63, 3.8) is 0 Å². The van der Waals surface area contributed by atoms with Gasteiger partial charge in [-0.1, -0.05) is 41.5 Å². The second kappa shape index (κ2) is 11.1. The van der Waals surface area contributed by atoms with Crippen molar-refractivity contribution >= 4 is 11.8 Å². The first-order valence-corrected chi connectivity index (χ1v) is 10.1. The lowest BCUT2D eigenvalue weighted by atomic mass is 9.77. The average molecular weight is 401 g/mol. The van der Waals surface area contributed by atoms with Crippen LogP contribution in [0.25, 0.3) is 0 Å². The van der Waals surface area contributed by atoms with Gasteiger partial charge in [0.2, 0.25) is 0 Å². The number of esters is 1. The van der Waals surface area contributed by atoms with E-state index in [1.54, 1.807) is 48.5 Å². The van der Waals surface area contributed by atoms with E-state index in [4.69, 9.17) is 4.74 Å². The highest BCUT2D eigenvalue weighted by molar-refractivity contribution is 5.91. The summed E-state index contributed by atoms with van der Waals surface area (Å²) in [4.78, 5) is 24.9. The van der Waals surface area contributed by atoms with Gasteiger partial charge in [-0.05, 0) is 56.6 Å². The van der Waals surface area contributed by atoms with Crippen molar-refractivity contribution < 1.29 is 29.6 Å². The quantitative estimate of drug-likeness (QED) is 0.364. The SMILES string of the molecule is CC[C@H](O)C(C)(C)C(=O)[C@H](O)/C(C)=C(\C)C(C)OC(=O)C(O)[C@@H](C)CC(C)C. The zero-order valence-corrected chi connectivity index (χ0v) is 18.9. The van der Waals surface area contributed by atoms with Crippen LogP contribution in [0.4, 0.5) is 0 Å². The molecule has 0 fully saturated rings. The van der Waals surface area contributed by atoms with Gasteiger partial charge in [0, 0.05) is 0 Å². The molecule has 0 amide bonds. The van der Waals surface area contributed by atoms with E-state index in [1.165, 1.54) is 0 Å². The summed E-state index contributed by atoms with van der Waals surface area (Å²) in [6, 6.07) is 0. The molecule has 0 aromatic carbocycles. The molecule has 6 heteroatoms. The maximum Gasteiger partial charge on any atom is 0.335 e. The van der Waals surface area contributed by atoms with Gasteiger partial charge in [-0.3, -0.25) is 4.79 Å². The van der Waals surface area contributed by atoms with Gasteiger partial charge in [-0.2, -0.15) is 0 Å². The Kier molecular flexibility index (Phi) is 10.6. The molecule has 0 aliphatic heterocycles. The van der Waals surface area contributed by atoms with Crippen LogP contribution in [0, 0.1) is 17.3 Å². The molecular formula is C22H40O6. The van der Waals surface area contributed by atoms with E-state index in [1.807, 2.05) is 13.8 Å². The Bertz CT molecular complexity index is 563. The summed E-state index contributed by atoms with van der Waals surface area (Å²) in [5.74, 6) is -1.08. The first kappa shape index (κ1) is 26.8. The molecule has 6 nitrogen and oxygen atoms in total. The molecule has 164 valence electrons. The standard InChI is InChI=1S/C22H40O6/c1-10-17(23)22(8,9)20(26)19(25)15(6)14(5)16(7)28-21(27)18(24)13(4)11-12(2)3/h12-13,16-19,23-25H,10-11H2,1-9H3/b15-14+/t13-,16?,17-,18?,19+/m0/s1. The van der Waals surface area contributed by atoms with E-state index in [0.717, 1.165) is 0 Å². The lowest BCUT2D eigenvalue weighted by Gasteiger charge is -2.31. The maximum absolute atomic E-state index is 12.7. The first-order chi connectivity index (χ1) is 12.7. The molecule has 0 aliphatic carbocycles. The zero-order chi connectivity index (χ0) is 22.4. The molecule has 0 heterocycles. The minimum atomic E-state index is -1.40. The largest absolute Gasteiger partial charge is 0.456 e. The zero-order valence-electron chi connectivity index (χ0n) is 18.9. The summed E-state index contributed by atoms with van der Waals surface area (Å²) in [5.41, 5.74) is -0.177. The summed E-state index contributed by atoms with van der Waals surface area (Å²) in [5, 5.41) is 30.8. The Balaban J connectivity index is 5.25. The molecule has 2 unspecified atom stereocenters. The minimum absolute atomic E-state index is 0.228. The van der Waals surface area contributed by atoms with Crippen molar-refractivity contribution in [3.05, 3.63) is 11.1 Å². The Labute approximate surface area is 170 Å². The highest BCUT2D eigenvalue weighted by Gasteiger charge is 2.39. The van der Waals surface area contributed by atoms with Crippen molar-refractivity contribution in [1.29, 1.82) is 0 Å². The number of Topliss-reactive ketones (excluding diaryl/α,β-unsaturated/α-hetero) is 1. The Morgan fingerprint density at radius 1 is 0.964 bits per heavy atom. The molecule has 5 atom stereocenters. The summed E-state index contributed by atoms with van der Waals surface area (Å²) >= 11 is 0. The van der Waals surface area contributed by atoms with Crippen LogP contribution in [0.2, 0.25) is 0 Å². The van der Waals surface area contributed by atoms with Crippen LogP contribution in [0.15, 0.2) is 11.1 Å². The van der Waals surface area contributed by atoms with Crippen molar-refractivity contribution in [2.75, 3.05) is 0 Å². The highest BCUT2D eigenvalue weighted by atomic mass is 16.6. The number of ketones is 1. The summed E-state index contributed by atoms with van der Waals surface area (Å²) < 4.78 is 5.36. The molecule has 0 aromatic heterocycles. The topological polar surface area (TPSA) is 104 Å². The third kappa shape index (κ3) is 6.98. The molecule has 0 bridgehead atoms. The molecule has 0 saturated carbocycles. The van der Waals surface area contributed by atoms with Crippen LogP contribution in [-0.2, 0) is 14.3 Å². The van der Waals surface area contributed by atoms with Gasteiger partial charge in [0.1, 0.15) is 12.2 Å². The Morgan fingerprint density at radius 3 is 1.89 bits per heavy atom. The number of aliphatic hydroxyl groups excluding tert-OH is 3. The number of aliphatic hydroxyl groups is 3. The molecule has 3 N–H and O–H groups in total. The number of rotatable bonds is 11. The highest BCUT2D eigenvalue weighted by Crippen LogP contribution is 2.29. The van der Waals surface area contributed by atoms with Crippen molar-refractivity contribution in [2.24, 2.45) is 17.3 Å². The summed E-state index contributed by atoms with van der Waals surface area (Å²) in [7, 11) is 0. The molecule has 0 radical (unpaired) electrons. The fourth-order valence-corrected chi connectivity index (χ4v) is 3.20. The van der Waals surface area contributed by atoms with Gasteiger partial charge in [-0.15, -0.1) is 0 Å². The van der Waals surface area contributed by atoms with E-state index in [-0.39, 0.29) is 5.92 Å². The second-order valence-corrected chi connectivity index (χ2v) is 8.91. The number of carbonyl (C=O) groups excluding carboxylic acids is 2. The van der Waals surface area contributed by atoms with E-state index < -0.39 is 41.6 Å². The maximum atomic E-state index is 12.7. The first-order valence-electron chi connectivity index (χ1n) is 10.1. The lowest BCUT2D eigenvalue weighted by Crippen LogP contribution is -2.43. The molecule has 0 aromatic rings. The predicted molar refractivity (Wildman–Crippen MR) is 110 cm³/mol. The Hall–Kier alpha value is -1.24. The summed E-state index contributed by atoms with van der Waals surface area (Å²) in [6.45, 7) is 15.7. The third-order valence-electron chi connectivity index (χ3n) is 5.66. The number of carbonyl (C=O) groups is 2. The van der Waals surface area contributed by atoms with E-state index in [0.29, 0.717) is 29.9 Å². The monoisotopic (exact) mass is 400 g/mol. The van der Waals surface area contributed by atoms with Crippen molar-refractivity contribution in [3.8, 4) is 0 Å². The van der Waals surface area contributed by atoms with Crippen LogP contribution in [-0.4, -0.2) is 51.5 Å². The molecular weight excluding hydrogens is 360 g/mol. The molecule has 0 rings (SSSR count). The molecule has 28 heavy (non-hydrogen) atoms. The fourth-order valence-electron chi connectivity index (χ4n) is 3.20. The van der Waals surface area contributed by atoms with Gasteiger partial charge in [-0.25, -0.2) is 4.79 Å². The van der Waals surface area contributed by atoms with Crippen LogP contribution in [0.3, 0.4) is 0 Å². The fraction of sp³-hybridized carbons (Fsp3) is 0.818. The van der Waals surface area contributed by atoms with E-state index in [2.05, 4.69) is 0 Å². The van der Waals surface area contributed by atoms with Crippen LogP contribution in [0.1, 0.15) is 75.2 Å². The molecule has 0 aliphatic rings. The van der Waals surface area contributed by atoms with Crippen LogP contribution >= 0.6 is 0 Å². The van der Waals surface area contributed by atoms with Gasteiger partial charge in [0.25, 0.3) is 0 Å². The van der Waals surface area contributed by atoms with Crippen molar-refractivity contribution in [2.45, 2.75) is 99.6 Å². The normalized spacial score (nSPS) is 18.8. The molecule has 0 saturated heterocycles. The summed E-state index contributed by atoms with van der Waals surface area (Å²) in [6.07, 6.45) is -3.09. The number of hydrogen-bond acceptors (Lipinski definition) is 6. The van der Waals surface area contributed by atoms with E-state index >= 15 is 0 Å². The van der Waals surface area contributed by atoms with Crippen molar-refractivity contribution in [1.82, 2.24) is 0 Å².